The first-order valence-corrected chi connectivity index (χ1v) is 5.33. The summed E-state index contributed by atoms with van der Waals surface area (Å²) in [6.45, 7) is 0. The van der Waals surface area contributed by atoms with Crippen LogP contribution in [0.5, 0.6) is 0 Å². The number of rotatable bonds is 0. The zero-order valence-electron chi connectivity index (χ0n) is 7.23. The van der Waals surface area contributed by atoms with Gasteiger partial charge in [0.25, 0.3) is 0 Å². The third-order valence-electron chi connectivity index (χ3n) is 5.88. The van der Waals surface area contributed by atoms with Crippen LogP contribution in [-0.2, 0) is 4.79 Å². The minimum absolute atomic E-state index is 0.261. The predicted octanol–water partition coefficient (Wildman–Crippen LogP) is 0.947. The summed E-state index contributed by atoms with van der Waals surface area (Å²) in [6, 6.07) is 0. The van der Waals surface area contributed by atoms with Crippen LogP contribution in [0.1, 0.15) is 6.42 Å². The van der Waals surface area contributed by atoms with Crippen molar-refractivity contribution in [3.63, 3.8) is 0 Å². The fourth-order valence-electron chi connectivity index (χ4n) is 5.87. The van der Waals surface area contributed by atoms with E-state index in [1.807, 2.05) is 0 Å². The lowest BCUT2D eigenvalue weighted by molar-refractivity contribution is -0.130. The maximum atomic E-state index is 11.7. The normalized spacial score (nSPS) is 78.1. The van der Waals surface area contributed by atoms with Crippen LogP contribution in [0.2, 0.25) is 0 Å². The van der Waals surface area contributed by atoms with Gasteiger partial charge in [0, 0.05) is 17.8 Å². The molecule has 6 aliphatic rings. The molecule has 6 aliphatic carbocycles. The van der Waals surface area contributed by atoms with Gasteiger partial charge < -0.3 is 0 Å². The van der Waals surface area contributed by atoms with Gasteiger partial charge in [0.1, 0.15) is 5.78 Å². The molecule has 0 aromatic heterocycles. The number of fused-ring (bicyclic) bond motifs is 1. The van der Waals surface area contributed by atoms with Crippen LogP contribution in [0.4, 0.5) is 0 Å². The first-order chi connectivity index (χ1) is 6.32. The summed E-state index contributed by atoms with van der Waals surface area (Å²) in [4.78, 5) is 11.7. The van der Waals surface area contributed by atoms with Crippen LogP contribution in [0.3, 0.4) is 0 Å². The lowest BCUT2D eigenvalue weighted by Crippen LogP contribution is -2.35. The van der Waals surface area contributed by atoms with Crippen molar-refractivity contribution in [2.45, 2.75) is 6.42 Å². The Kier molecular flexibility index (Phi) is 0.543. The summed E-state index contributed by atoms with van der Waals surface area (Å²) in [5.41, 5.74) is 0.261. The molecule has 0 aliphatic heterocycles. The number of hydrogen-bond donors (Lipinski definition) is 0. The molecule has 6 rings (SSSR count). The average molecular weight is 170 g/mol. The van der Waals surface area contributed by atoms with Gasteiger partial charge in [-0.05, 0) is 35.5 Å². The highest BCUT2D eigenvalue weighted by Gasteiger charge is 2.96. The Hall–Kier alpha value is -0.770. The topological polar surface area (TPSA) is 17.1 Å². The van der Waals surface area contributed by atoms with E-state index in [9.17, 15) is 4.79 Å². The Morgan fingerprint density at radius 3 is 2.69 bits per heavy atom. The SMILES string of the molecule is C#C[C@@]12[C@@H]3[C@@H]4[C@H]5C(=O)C[C@@H]([C@@H]43)[C@@H]1[C@@H]52. The van der Waals surface area contributed by atoms with E-state index in [2.05, 4.69) is 5.92 Å². The summed E-state index contributed by atoms with van der Waals surface area (Å²) in [5.74, 6) is 8.69. The minimum Gasteiger partial charge on any atom is -0.299 e. The zero-order valence-corrected chi connectivity index (χ0v) is 7.23. The van der Waals surface area contributed by atoms with E-state index in [4.69, 9.17) is 6.42 Å². The van der Waals surface area contributed by atoms with Gasteiger partial charge in [-0.25, -0.2) is 0 Å². The molecule has 0 unspecified atom stereocenters. The Bertz CT molecular complexity index is 413. The Morgan fingerprint density at radius 2 is 2.15 bits per heavy atom. The molecule has 0 N–H and O–H groups in total. The van der Waals surface area contributed by atoms with Crippen LogP contribution < -0.4 is 0 Å². The van der Waals surface area contributed by atoms with Gasteiger partial charge in [0.15, 0.2) is 0 Å². The van der Waals surface area contributed by atoms with Crippen molar-refractivity contribution in [1.29, 1.82) is 0 Å². The molecule has 6 saturated carbocycles. The first kappa shape index (κ1) is 5.86. The van der Waals surface area contributed by atoms with E-state index in [0.29, 0.717) is 17.6 Å². The molecule has 13 heavy (non-hydrogen) atoms. The van der Waals surface area contributed by atoms with Crippen molar-refractivity contribution in [3.05, 3.63) is 0 Å². The summed E-state index contributed by atoms with van der Waals surface area (Å²) >= 11 is 0. The standard InChI is InChI=1S/C12H10O/c1-2-12-9-4-3-5(13)7(11(9)12)8-6(4)10(8)12/h1,4,6-11H,3H2/t4-,6-,7+,8-,9+,10-,11+,12-/m0/s1. The van der Waals surface area contributed by atoms with E-state index >= 15 is 0 Å². The quantitative estimate of drug-likeness (QED) is 0.495. The molecule has 0 aromatic carbocycles. The fraction of sp³-hybridized carbons (Fsp3) is 0.750. The molecule has 0 amide bonds. The van der Waals surface area contributed by atoms with Crippen molar-refractivity contribution < 1.29 is 4.79 Å². The summed E-state index contributed by atoms with van der Waals surface area (Å²) in [7, 11) is 0. The lowest BCUT2D eigenvalue weighted by Gasteiger charge is -2.32. The van der Waals surface area contributed by atoms with Crippen LogP contribution in [0, 0.1) is 59.2 Å². The largest absolute Gasteiger partial charge is 0.299 e. The smallest absolute Gasteiger partial charge is 0.136 e. The molecule has 6 fully saturated rings. The molecule has 64 valence electrons. The number of Topliss-reactive ketones (excluding diaryl/α,β-unsaturated/α-hetero) is 1. The molecular formula is C12H10O. The van der Waals surface area contributed by atoms with Gasteiger partial charge >= 0.3 is 0 Å². The molecule has 1 heteroatoms. The molecule has 2 bridgehead atoms. The number of hydrogen-bond acceptors (Lipinski definition) is 1. The van der Waals surface area contributed by atoms with Gasteiger partial charge in [0.2, 0.25) is 0 Å². The third-order valence-corrected chi connectivity index (χ3v) is 5.88. The van der Waals surface area contributed by atoms with Crippen LogP contribution in [0.15, 0.2) is 0 Å². The molecule has 1 nitrogen and oxygen atoms in total. The second-order valence-electron chi connectivity index (χ2n) is 5.67. The van der Waals surface area contributed by atoms with Crippen LogP contribution in [0.25, 0.3) is 0 Å². The number of ketones is 1. The van der Waals surface area contributed by atoms with E-state index in [1.165, 1.54) is 0 Å². The van der Waals surface area contributed by atoms with Crippen molar-refractivity contribution in [2.75, 3.05) is 0 Å². The first-order valence-electron chi connectivity index (χ1n) is 5.33. The summed E-state index contributed by atoms with van der Waals surface area (Å²) in [6.07, 6.45) is 6.56. The van der Waals surface area contributed by atoms with Crippen molar-refractivity contribution in [3.8, 4) is 12.3 Å². The van der Waals surface area contributed by atoms with Crippen LogP contribution in [-0.4, -0.2) is 5.78 Å². The van der Waals surface area contributed by atoms with Gasteiger partial charge in [-0.1, -0.05) is 5.92 Å². The van der Waals surface area contributed by atoms with E-state index in [-0.39, 0.29) is 5.41 Å². The van der Waals surface area contributed by atoms with E-state index in [1.54, 1.807) is 0 Å². The summed E-state index contributed by atoms with van der Waals surface area (Å²) < 4.78 is 0. The Labute approximate surface area is 76.9 Å². The maximum absolute atomic E-state index is 11.7. The average Bonchev–Trinajstić information content (AvgIpc) is 2.94. The van der Waals surface area contributed by atoms with Gasteiger partial charge in [0.05, 0.1) is 0 Å². The second kappa shape index (κ2) is 1.21. The monoisotopic (exact) mass is 170 g/mol. The fourth-order valence-corrected chi connectivity index (χ4v) is 5.87. The van der Waals surface area contributed by atoms with E-state index < -0.39 is 0 Å². The Balaban J connectivity index is 1.85. The molecule has 0 radical (unpaired) electrons. The highest BCUT2D eigenvalue weighted by molar-refractivity contribution is 5.88. The van der Waals surface area contributed by atoms with Gasteiger partial charge in [-0.3, -0.25) is 4.79 Å². The third kappa shape index (κ3) is 0.303. The van der Waals surface area contributed by atoms with Crippen molar-refractivity contribution in [1.82, 2.24) is 0 Å². The number of terminal acetylenes is 1. The van der Waals surface area contributed by atoms with Crippen LogP contribution >= 0.6 is 0 Å². The number of carbonyl (C=O) groups excluding carboxylic acids is 1. The lowest BCUT2D eigenvalue weighted by atomic mass is 9.70. The Morgan fingerprint density at radius 1 is 1.31 bits per heavy atom. The number of carbonyl (C=O) groups is 1. The maximum Gasteiger partial charge on any atom is 0.136 e. The van der Waals surface area contributed by atoms with Crippen molar-refractivity contribution >= 4 is 5.78 Å². The molecule has 0 saturated heterocycles. The molecule has 0 spiro atoms. The molecule has 0 aromatic rings. The minimum atomic E-state index is 0.261. The second-order valence-corrected chi connectivity index (χ2v) is 5.67. The highest BCUT2D eigenvalue weighted by Crippen LogP contribution is 2.96. The highest BCUT2D eigenvalue weighted by atomic mass is 16.1. The summed E-state index contributed by atoms with van der Waals surface area (Å²) in [5, 5.41) is 0. The van der Waals surface area contributed by atoms with Crippen molar-refractivity contribution in [2.24, 2.45) is 46.8 Å². The zero-order chi connectivity index (χ0) is 8.53. The molecule has 8 atom stereocenters. The van der Waals surface area contributed by atoms with Gasteiger partial charge in [-0.15, -0.1) is 6.42 Å². The van der Waals surface area contributed by atoms with E-state index in [0.717, 1.165) is 36.0 Å². The van der Waals surface area contributed by atoms with Gasteiger partial charge in [-0.2, -0.15) is 0 Å². The predicted molar refractivity (Wildman–Crippen MR) is 45.3 cm³/mol. The molecular weight excluding hydrogens is 160 g/mol. The molecule has 0 heterocycles.